The van der Waals surface area contributed by atoms with Gasteiger partial charge >= 0.3 is 0 Å². The van der Waals surface area contributed by atoms with Crippen molar-refractivity contribution >= 4 is 10.0 Å². The van der Waals surface area contributed by atoms with Crippen molar-refractivity contribution in [3.63, 3.8) is 0 Å². The van der Waals surface area contributed by atoms with Crippen LogP contribution in [0.15, 0.2) is 23.4 Å². The number of piperazine rings is 1. The van der Waals surface area contributed by atoms with Gasteiger partial charge in [-0.15, -0.1) is 0 Å². The van der Waals surface area contributed by atoms with Crippen molar-refractivity contribution in [3.05, 3.63) is 23.9 Å². The SMILES string of the molecule is CC1CNCCN1S(=O)(=O)c1cc(C#N)ccn1. The molecule has 96 valence electrons. The van der Waals surface area contributed by atoms with Gasteiger partial charge in [-0.1, -0.05) is 0 Å². The number of hydrogen-bond donors (Lipinski definition) is 1. The molecule has 1 aromatic heterocycles. The Labute approximate surface area is 106 Å². The molecule has 0 saturated carbocycles. The summed E-state index contributed by atoms with van der Waals surface area (Å²) in [6.07, 6.45) is 1.35. The van der Waals surface area contributed by atoms with Crippen LogP contribution in [0.5, 0.6) is 0 Å². The maximum Gasteiger partial charge on any atom is 0.260 e. The second-order valence-corrected chi connectivity index (χ2v) is 6.00. The summed E-state index contributed by atoms with van der Waals surface area (Å²) in [4.78, 5) is 3.87. The van der Waals surface area contributed by atoms with Gasteiger partial charge in [0.1, 0.15) is 0 Å². The molecule has 0 amide bonds. The molecule has 6 nitrogen and oxygen atoms in total. The molecule has 1 aliphatic rings. The van der Waals surface area contributed by atoms with Crippen molar-refractivity contribution in [2.24, 2.45) is 0 Å². The number of hydrogen-bond acceptors (Lipinski definition) is 5. The molecule has 0 aromatic carbocycles. The van der Waals surface area contributed by atoms with E-state index in [4.69, 9.17) is 5.26 Å². The Morgan fingerprint density at radius 1 is 1.61 bits per heavy atom. The van der Waals surface area contributed by atoms with Crippen LogP contribution in [0.3, 0.4) is 0 Å². The second-order valence-electron chi connectivity index (χ2n) is 4.16. The minimum absolute atomic E-state index is 0.0599. The van der Waals surface area contributed by atoms with E-state index < -0.39 is 10.0 Å². The monoisotopic (exact) mass is 266 g/mol. The predicted octanol–water partition coefficient (Wildman–Crippen LogP) is -0.0643. The van der Waals surface area contributed by atoms with E-state index in [1.807, 2.05) is 13.0 Å². The first kappa shape index (κ1) is 13.0. The van der Waals surface area contributed by atoms with E-state index in [0.29, 0.717) is 25.2 Å². The standard InChI is InChI=1S/C11H14N4O2S/c1-9-8-13-4-5-15(9)18(16,17)11-6-10(7-12)2-3-14-11/h2-3,6,9,13H,4-5,8H2,1H3. The molecule has 1 aliphatic heterocycles. The first-order chi connectivity index (χ1) is 8.55. The number of nitrogens with zero attached hydrogens (tertiary/aromatic N) is 3. The van der Waals surface area contributed by atoms with E-state index in [9.17, 15) is 8.42 Å². The highest BCUT2D eigenvalue weighted by Gasteiger charge is 2.31. The lowest BCUT2D eigenvalue weighted by atomic mass is 10.3. The Morgan fingerprint density at radius 2 is 2.39 bits per heavy atom. The molecular weight excluding hydrogens is 252 g/mol. The minimum Gasteiger partial charge on any atom is -0.314 e. The fraction of sp³-hybridized carbons (Fsp3) is 0.455. The van der Waals surface area contributed by atoms with Gasteiger partial charge in [0.15, 0.2) is 5.03 Å². The van der Waals surface area contributed by atoms with Crippen molar-refractivity contribution in [2.45, 2.75) is 18.0 Å². The van der Waals surface area contributed by atoms with Crippen molar-refractivity contribution < 1.29 is 8.42 Å². The zero-order valence-corrected chi connectivity index (χ0v) is 10.8. The smallest absolute Gasteiger partial charge is 0.260 e. The molecule has 2 rings (SSSR count). The molecule has 0 radical (unpaired) electrons. The van der Waals surface area contributed by atoms with E-state index in [0.717, 1.165) is 0 Å². The summed E-state index contributed by atoms with van der Waals surface area (Å²) in [6.45, 7) is 3.51. The zero-order valence-electron chi connectivity index (χ0n) is 10.00. The van der Waals surface area contributed by atoms with Crippen LogP contribution in [0, 0.1) is 11.3 Å². The normalized spacial score (nSPS) is 21.4. The molecule has 0 bridgehead atoms. The summed E-state index contributed by atoms with van der Waals surface area (Å²) in [5, 5.41) is 11.9. The highest BCUT2D eigenvalue weighted by atomic mass is 32.2. The van der Waals surface area contributed by atoms with Crippen LogP contribution in [0.1, 0.15) is 12.5 Å². The van der Waals surface area contributed by atoms with Gasteiger partial charge < -0.3 is 5.32 Å². The van der Waals surface area contributed by atoms with Crippen LogP contribution >= 0.6 is 0 Å². The quantitative estimate of drug-likeness (QED) is 0.810. The van der Waals surface area contributed by atoms with Crippen molar-refractivity contribution in [1.29, 1.82) is 5.26 Å². The summed E-state index contributed by atoms with van der Waals surface area (Å²) in [5.74, 6) is 0. The molecule has 1 fully saturated rings. The first-order valence-corrected chi connectivity index (χ1v) is 7.08. The van der Waals surface area contributed by atoms with Crippen LogP contribution in [-0.4, -0.2) is 43.4 Å². The topological polar surface area (TPSA) is 86.1 Å². The summed E-state index contributed by atoms with van der Waals surface area (Å²) >= 11 is 0. The maximum absolute atomic E-state index is 12.4. The molecule has 0 aliphatic carbocycles. The van der Waals surface area contributed by atoms with E-state index in [1.165, 1.54) is 22.6 Å². The molecule has 2 heterocycles. The fourth-order valence-corrected chi connectivity index (χ4v) is 3.51. The van der Waals surface area contributed by atoms with Gasteiger partial charge in [0.2, 0.25) is 0 Å². The first-order valence-electron chi connectivity index (χ1n) is 5.64. The second kappa shape index (κ2) is 5.02. The van der Waals surface area contributed by atoms with Gasteiger partial charge in [0.05, 0.1) is 11.6 Å². The van der Waals surface area contributed by atoms with Crippen LogP contribution in [-0.2, 0) is 10.0 Å². The van der Waals surface area contributed by atoms with Crippen molar-refractivity contribution in [1.82, 2.24) is 14.6 Å². The lowest BCUT2D eigenvalue weighted by Gasteiger charge is -2.32. The highest BCUT2D eigenvalue weighted by Crippen LogP contribution is 2.17. The van der Waals surface area contributed by atoms with Gasteiger partial charge in [-0.05, 0) is 19.1 Å². The molecule has 1 saturated heterocycles. The molecule has 0 spiro atoms. The summed E-state index contributed by atoms with van der Waals surface area (Å²) in [6, 6.07) is 4.60. The van der Waals surface area contributed by atoms with Crippen LogP contribution in [0.4, 0.5) is 0 Å². The number of nitrogens with one attached hydrogen (secondary N) is 1. The Hall–Kier alpha value is -1.49. The van der Waals surface area contributed by atoms with Crippen molar-refractivity contribution in [3.8, 4) is 6.07 Å². The number of rotatable bonds is 2. The fourth-order valence-electron chi connectivity index (χ4n) is 1.92. The summed E-state index contributed by atoms with van der Waals surface area (Å²) in [7, 11) is -3.61. The molecule has 1 N–H and O–H groups in total. The number of nitriles is 1. The van der Waals surface area contributed by atoms with E-state index in [2.05, 4.69) is 10.3 Å². The Bertz CT molecular complexity index is 579. The number of aromatic nitrogens is 1. The van der Waals surface area contributed by atoms with Crippen molar-refractivity contribution in [2.75, 3.05) is 19.6 Å². The van der Waals surface area contributed by atoms with Gasteiger partial charge in [-0.2, -0.15) is 9.57 Å². The molecule has 1 aromatic rings. The third-order valence-electron chi connectivity index (χ3n) is 2.88. The van der Waals surface area contributed by atoms with Crippen LogP contribution < -0.4 is 5.32 Å². The Balaban J connectivity index is 2.38. The molecule has 1 atom stereocenters. The predicted molar refractivity (Wildman–Crippen MR) is 65.2 cm³/mol. The summed E-state index contributed by atoms with van der Waals surface area (Å²) in [5.41, 5.74) is 0.298. The van der Waals surface area contributed by atoms with Crippen LogP contribution in [0.2, 0.25) is 0 Å². The van der Waals surface area contributed by atoms with Gasteiger partial charge in [-0.3, -0.25) is 0 Å². The highest BCUT2D eigenvalue weighted by molar-refractivity contribution is 7.89. The molecule has 18 heavy (non-hydrogen) atoms. The largest absolute Gasteiger partial charge is 0.314 e. The van der Waals surface area contributed by atoms with E-state index in [1.54, 1.807) is 0 Å². The van der Waals surface area contributed by atoms with E-state index >= 15 is 0 Å². The summed E-state index contributed by atoms with van der Waals surface area (Å²) < 4.78 is 26.2. The molecular formula is C11H14N4O2S. The van der Waals surface area contributed by atoms with Gasteiger partial charge in [0, 0.05) is 31.9 Å². The number of sulfonamides is 1. The minimum atomic E-state index is -3.61. The van der Waals surface area contributed by atoms with Gasteiger partial charge in [0.25, 0.3) is 10.0 Å². The third-order valence-corrected chi connectivity index (χ3v) is 4.79. The molecule has 1 unspecified atom stereocenters. The maximum atomic E-state index is 12.4. The lowest BCUT2D eigenvalue weighted by molar-refractivity contribution is 0.283. The lowest BCUT2D eigenvalue weighted by Crippen LogP contribution is -2.52. The van der Waals surface area contributed by atoms with Crippen LogP contribution in [0.25, 0.3) is 0 Å². The average Bonchev–Trinajstić information content (AvgIpc) is 2.39. The van der Waals surface area contributed by atoms with Gasteiger partial charge in [-0.25, -0.2) is 13.4 Å². The Kier molecular flexibility index (Phi) is 3.61. The average molecular weight is 266 g/mol. The zero-order chi connectivity index (χ0) is 13.2. The Morgan fingerprint density at radius 3 is 3.06 bits per heavy atom. The molecule has 7 heteroatoms. The number of pyridine rings is 1. The van der Waals surface area contributed by atoms with E-state index in [-0.39, 0.29) is 11.1 Å². The third kappa shape index (κ3) is 2.36.